The number of hydrogen-bond donors (Lipinski definition) is 0. The monoisotopic (exact) mass is 367 g/mol. The van der Waals surface area contributed by atoms with Gasteiger partial charge in [0.1, 0.15) is 0 Å². The highest BCUT2D eigenvalue weighted by atomic mass is 79.9. The van der Waals surface area contributed by atoms with Crippen LogP contribution in [0.3, 0.4) is 0 Å². The van der Waals surface area contributed by atoms with Crippen LogP contribution in [0.4, 0.5) is 0 Å². The van der Waals surface area contributed by atoms with Gasteiger partial charge >= 0.3 is 0 Å². The van der Waals surface area contributed by atoms with Crippen molar-refractivity contribution in [2.75, 3.05) is 0 Å². The topological polar surface area (TPSA) is 30.0 Å². The number of nitrogens with zero attached hydrogens (tertiary/aromatic N) is 1. The highest BCUT2D eigenvalue weighted by Crippen LogP contribution is 2.18. The molecule has 0 atom stereocenters. The number of aromatic nitrogens is 1. The van der Waals surface area contributed by atoms with Gasteiger partial charge in [-0.1, -0.05) is 28.1 Å². The smallest absolute Gasteiger partial charge is 0.168 e. The summed E-state index contributed by atoms with van der Waals surface area (Å²) in [5.41, 5.74) is 2.60. The molecule has 1 aromatic heterocycles. The zero-order valence-electron chi connectivity index (χ0n) is 9.78. The third-order valence-corrected chi connectivity index (χ3v) is 3.95. The predicted octanol–water partition coefficient (Wildman–Crippen LogP) is 4.34. The number of benzene rings is 1. The molecule has 0 N–H and O–H groups in total. The molecular weight excluding hydrogens is 358 g/mol. The van der Waals surface area contributed by atoms with E-state index in [1.54, 1.807) is 6.20 Å². The minimum atomic E-state index is 0.0746. The lowest BCUT2D eigenvalue weighted by Crippen LogP contribution is -2.05. The van der Waals surface area contributed by atoms with E-state index in [0.717, 1.165) is 20.2 Å². The molecule has 0 amide bonds. The molecule has 0 aliphatic rings. The third-order valence-electron chi connectivity index (χ3n) is 2.62. The van der Waals surface area contributed by atoms with Crippen molar-refractivity contribution < 1.29 is 4.79 Å². The van der Waals surface area contributed by atoms with Gasteiger partial charge in [-0.05, 0) is 46.6 Å². The van der Waals surface area contributed by atoms with Crippen LogP contribution in [0, 0.1) is 6.92 Å². The first-order valence-corrected chi connectivity index (χ1v) is 7.04. The van der Waals surface area contributed by atoms with Gasteiger partial charge in [-0.15, -0.1) is 0 Å². The minimum absolute atomic E-state index is 0.0746. The number of hydrogen-bond acceptors (Lipinski definition) is 2. The van der Waals surface area contributed by atoms with Crippen LogP contribution in [0.25, 0.3) is 0 Å². The Labute approximate surface area is 123 Å². The zero-order chi connectivity index (χ0) is 13.1. The van der Waals surface area contributed by atoms with E-state index in [9.17, 15) is 4.79 Å². The quantitative estimate of drug-likeness (QED) is 0.754. The van der Waals surface area contributed by atoms with Crippen LogP contribution >= 0.6 is 31.9 Å². The largest absolute Gasteiger partial charge is 0.294 e. The Kier molecular flexibility index (Phi) is 4.30. The van der Waals surface area contributed by atoms with Gasteiger partial charge < -0.3 is 0 Å². The minimum Gasteiger partial charge on any atom is -0.294 e. The van der Waals surface area contributed by atoms with E-state index in [0.29, 0.717) is 12.0 Å². The lowest BCUT2D eigenvalue weighted by molar-refractivity contribution is 0.0992. The van der Waals surface area contributed by atoms with Gasteiger partial charge in [0.25, 0.3) is 0 Å². The number of ketones is 1. The van der Waals surface area contributed by atoms with Crippen LogP contribution in [0.15, 0.2) is 45.5 Å². The Hall–Kier alpha value is -1.00. The molecule has 2 nitrogen and oxygen atoms in total. The fourth-order valence-electron chi connectivity index (χ4n) is 1.54. The molecule has 4 heteroatoms. The molecule has 1 heterocycles. The molecule has 1 aromatic carbocycles. The number of rotatable bonds is 3. The van der Waals surface area contributed by atoms with Crippen molar-refractivity contribution in [1.82, 2.24) is 4.98 Å². The second-order valence-electron chi connectivity index (χ2n) is 4.03. The second kappa shape index (κ2) is 5.76. The van der Waals surface area contributed by atoms with E-state index < -0.39 is 0 Å². The summed E-state index contributed by atoms with van der Waals surface area (Å²) in [7, 11) is 0. The molecule has 2 rings (SSSR count). The molecule has 0 radical (unpaired) electrons. The van der Waals surface area contributed by atoms with Gasteiger partial charge in [-0.25, -0.2) is 0 Å². The lowest BCUT2D eigenvalue weighted by Gasteiger charge is -2.04. The molecule has 0 aliphatic carbocycles. The molecule has 0 fully saturated rings. The first-order chi connectivity index (χ1) is 8.56. The van der Waals surface area contributed by atoms with Gasteiger partial charge in [0.15, 0.2) is 5.78 Å². The van der Waals surface area contributed by atoms with Crippen molar-refractivity contribution in [3.05, 3.63) is 62.3 Å². The van der Waals surface area contributed by atoms with Crippen LogP contribution in [-0.4, -0.2) is 10.8 Å². The molecule has 0 saturated carbocycles. The highest BCUT2D eigenvalue weighted by molar-refractivity contribution is 9.10. The number of aryl methyl sites for hydroxylation is 1. The van der Waals surface area contributed by atoms with E-state index in [1.807, 2.05) is 37.3 Å². The average molecular weight is 369 g/mol. The zero-order valence-corrected chi connectivity index (χ0v) is 13.0. The number of Topliss-reactive ketones (excluding diaryl/α,β-unsaturated/α-hetero) is 1. The summed E-state index contributed by atoms with van der Waals surface area (Å²) in [6, 6.07) is 9.38. The molecule has 0 spiro atoms. The molecule has 2 aromatic rings. The van der Waals surface area contributed by atoms with Crippen molar-refractivity contribution in [2.24, 2.45) is 0 Å². The second-order valence-corrected chi connectivity index (χ2v) is 5.80. The van der Waals surface area contributed by atoms with Crippen LogP contribution in [-0.2, 0) is 6.42 Å². The van der Waals surface area contributed by atoms with Crippen molar-refractivity contribution in [1.29, 1.82) is 0 Å². The summed E-state index contributed by atoms with van der Waals surface area (Å²) in [5.74, 6) is 0.0746. The van der Waals surface area contributed by atoms with Gasteiger partial charge in [-0.2, -0.15) is 0 Å². The summed E-state index contributed by atoms with van der Waals surface area (Å²) in [4.78, 5) is 16.3. The van der Waals surface area contributed by atoms with Crippen molar-refractivity contribution in [3.8, 4) is 0 Å². The van der Waals surface area contributed by atoms with Crippen molar-refractivity contribution >= 4 is 37.6 Å². The van der Waals surface area contributed by atoms with E-state index in [2.05, 4.69) is 36.8 Å². The highest BCUT2D eigenvalue weighted by Gasteiger charge is 2.09. The number of halogens is 2. The molecular formula is C14H11Br2NO. The maximum atomic E-state index is 12.1. The summed E-state index contributed by atoms with van der Waals surface area (Å²) >= 11 is 6.76. The maximum absolute atomic E-state index is 12.1. The summed E-state index contributed by atoms with van der Waals surface area (Å²) in [5, 5.41) is 0. The Morgan fingerprint density at radius 1 is 1.22 bits per heavy atom. The van der Waals surface area contributed by atoms with Crippen LogP contribution in [0.2, 0.25) is 0 Å². The molecule has 0 unspecified atom stereocenters. The molecule has 0 bridgehead atoms. The Balaban J connectivity index is 2.16. The fraction of sp³-hybridized carbons (Fsp3) is 0.143. The SMILES string of the molecule is Cc1ccc(C(=O)Cc2ccc(Br)cn2)cc1Br. The maximum Gasteiger partial charge on any atom is 0.168 e. The average Bonchev–Trinajstić information content (AvgIpc) is 2.35. The number of pyridine rings is 1. The van der Waals surface area contributed by atoms with Gasteiger partial charge in [0.05, 0.1) is 6.42 Å². The van der Waals surface area contributed by atoms with Crippen molar-refractivity contribution in [3.63, 3.8) is 0 Å². The Morgan fingerprint density at radius 3 is 2.61 bits per heavy atom. The van der Waals surface area contributed by atoms with E-state index in [4.69, 9.17) is 0 Å². The first kappa shape index (κ1) is 13.4. The van der Waals surface area contributed by atoms with Crippen LogP contribution in [0.1, 0.15) is 21.6 Å². The van der Waals surface area contributed by atoms with Crippen molar-refractivity contribution in [2.45, 2.75) is 13.3 Å². The standard InChI is InChI=1S/C14H11Br2NO/c1-9-2-3-10(6-13(9)16)14(18)7-12-5-4-11(15)8-17-12/h2-6,8H,7H2,1H3. The summed E-state index contributed by atoms with van der Waals surface area (Å²) in [6.45, 7) is 1.99. The van der Waals surface area contributed by atoms with Gasteiger partial charge in [0, 0.05) is 26.4 Å². The first-order valence-electron chi connectivity index (χ1n) is 5.46. The lowest BCUT2D eigenvalue weighted by atomic mass is 10.0. The van der Waals surface area contributed by atoms with Crippen LogP contribution < -0.4 is 0 Å². The molecule has 0 aliphatic heterocycles. The Morgan fingerprint density at radius 2 is 2.00 bits per heavy atom. The third kappa shape index (κ3) is 3.27. The van der Waals surface area contributed by atoms with E-state index in [1.165, 1.54) is 0 Å². The summed E-state index contributed by atoms with van der Waals surface area (Å²) in [6.07, 6.45) is 2.02. The fourth-order valence-corrected chi connectivity index (χ4v) is 2.16. The normalized spacial score (nSPS) is 10.4. The number of carbonyl (C=O) groups excluding carboxylic acids is 1. The summed E-state index contributed by atoms with van der Waals surface area (Å²) < 4.78 is 1.87. The Bertz CT molecular complexity index is 579. The van der Waals surface area contributed by atoms with Gasteiger partial charge in [0.2, 0.25) is 0 Å². The van der Waals surface area contributed by atoms with Gasteiger partial charge in [-0.3, -0.25) is 9.78 Å². The van der Waals surface area contributed by atoms with E-state index >= 15 is 0 Å². The van der Waals surface area contributed by atoms with E-state index in [-0.39, 0.29) is 5.78 Å². The number of carbonyl (C=O) groups is 1. The molecule has 0 saturated heterocycles. The molecule has 92 valence electrons. The predicted molar refractivity (Wildman–Crippen MR) is 78.9 cm³/mol. The van der Waals surface area contributed by atoms with Crippen LogP contribution in [0.5, 0.6) is 0 Å². The molecule has 18 heavy (non-hydrogen) atoms.